The van der Waals surface area contributed by atoms with Crippen LogP contribution >= 0.6 is 0 Å². The van der Waals surface area contributed by atoms with Crippen LogP contribution in [0.2, 0.25) is 0 Å². The zero-order valence-corrected chi connectivity index (χ0v) is 11.9. The molecule has 1 radical (unpaired) electrons. The van der Waals surface area contributed by atoms with Gasteiger partial charge in [-0.2, -0.15) is 0 Å². The first kappa shape index (κ1) is 14.2. The minimum Gasteiger partial charge on any atom is -0.380 e. The topological polar surface area (TPSA) is 34.3 Å². The van der Waals surface area contributed by atoms with Gasteiger partial charge in [0, 0.05) is 18.7 Å². The van der Waals surface area contributed by atoms with E-state index in [0.717, 1.165) is 31.5 Å². The molecular weight excluding hydrogens is 265 g/mol. The van der Waals surface area contributed by atoms with Gasteiger partial charge in [-0.05, 0) is 30.4 Å². The molecule has 0 spiro atoms. The van der Waals surface area contributed by atoms with Crippen molar-refractivity contribution in [3.8, 4) is 0 Å². The Morgan fingerprint density at radius 2 is 1.57 bits per heavy atom. The highest BCUT2D eigenvalue weighted by Gasteiger charge is 2.42. The molecule has 1 heterocycles. The standard InChI is InChI=1S/C18H19FNO/c19-17-9-5-4-8-16(17)18(21,14-6-2-1-3-7-14)15-10-12-20-13-11-15/h1-9,15,21H,10-13H2. The van der Waals surface area contributed by atoms with Crippen LogP contribution in [0.1, 0.15) is 24.0 Å². The summed E-state index contributed by atoms with van der Waals surface area (Å²) in [6.45, 7) is 1.46. The zero-order valence-electron chi connectivity index (χ0n) is 11.9. The fourth-order valence-electron chi connectivity index (χ4n) is 3.24. The molecule has 1 aliphatic heterocycles. The molecule has 1 aliphatic rings. The maximum Gasteiger partial charge on any atom is 0.129 e. The molecule has 0 saturated carbocycles. The van der Waals surface area contributed by atoms with Crippen molar-refractivity contribution in [3.63, 3.8) is 0 Å². The first-order valence-electron chi connectivity index (χ1n) is 7.39. The summed E-state index contributed by atoms with van der Waals surface area (Å²) in [5.41, 5.74) is -0.173. The van der Waals surface area contributed by atoms with E-state index in [2.05, 4.69) is 5.32 Å². The SMILES string of the molecule is OC(c1ccccc1)(c1ccccc1F)C1CC[N]CC1. The first-order valence-corrected chi connectivity index (χ1v) is 7.39. The highest BCUT2D eigenvalue weighted by Crippen LogP contribution is 2.42. The number of rotatable bonds is 3. The number of piperidine rings is 1. The van der Waals surface area contributed by atoms with Crippen LogP contribution in [0.4, 0.5) is 4.39 Å². The van der Waals surface area contributed by atoms with Crippen LogP contribution in [0.15, 0.2) is 54.6 Å². The lowest BCUT2D eigenvalue weighted by atomic mass is 9.72. The van der Waals surface area contributed by atoms with Crippen LogP contribution < -0.4 is 5.32 Å². The van der Waals surface area contributed by atoms with Gasteiger partial charge in [0.25, 0.3) is 0 Å². The summed E-state index contributed by atoms with van der Waals surface area (Å²) < 4.78 is 14.3. The van der Waals surface area contributed by atoms with Gasteiger partial charge in [0.15, 0.2) is 0 Å². The average molecular weight is 284 g/mol. The van der Waals surface area contributed by atoms with Crippen LogP contribution in [0.25, 0.3) is 0 Å². The van der Waals surface area contributed by atoms with E-state index in [1.807, 2.05) is 30.3 Å². The predicted molar refractivity (Wildman–Crippen MR) is 80.4 cm³/mol. The fraction of sp³-hybridized carbons (Fsp3) is 0.333. The molecular formula is C18H19FNO. The Balaban J connectivity index is 2.12. The normalized spacial score (nSPS) is 19.1. The largest absolute Gasteiger partial charge is 0.380 e. The van der Waals surface area contributed by atoms with E-state index < -0.39 is 5.60 Å². The minimum atomic E-state index is -1.29. The summed E-state index contributed by atoms with van der Waals surface area (Å²) in [5, 5.41) is 15.8. The van der Waals surface area contributed by atoms with Crippen LogP contribution in [-0.2, 0) is 5.60 Å². The Hall–Kier alpha value is -1.71. The van der Waals surface area contributed by atoms with Gasteiger partial charge in [0.2, 0.25) is 0 Å². The van der Waals surface area contributed by atoms with E-state index in [-0.39, 0.29) is 11.7 Å². The average Bonchev–Trinajstić information content (AvgIpc) is 2.56. The molecule has 3 rings (SSSR count). The smallest absolute Gasteiger partial charge is 0.129 e. The first-order chi connectivity index (χ1) is 10.2. The van der Waals surface area contributed by atoms with Crippen molar-refractivity contribution in [1.29, 1.82) is 0 Å². The second-order valence-corrected chi connectivity index (χ2v) is 5.56. The fourth-order valence-corrected chi connectivity index (χ4v) is 3.24. The minimum absolute atomic E-state index is 0.0192. The molecule has 2 nitrogen and oxygen atoms in total. The summed E-state index contributed by atoms with van der Waals surface area (Å²) in [4.78, 5) is 0. The molecule has 0 bridgehead atoms. The van der Waals surface area contributed by atoms with Gasteiger partial charge in [-0.1, -0.05) is 48.5 Å². The van der Waals surface area contributed by atoms with E-state index in [1.54, 1.807) is 18.2 Å². The van der Waals surface area contributed by atoms with Crippen molar-refractivity contribution in [2.24, 2.45) is 5.92 Å². The molecule has 2 aromatic carbocycles. The Morgan fingerprint density at radius 1 is 0.952 bits per heavy atom. The third-order valence-electron chi connectivity index (χ3n) is 4.36. The van der Waals surface area contributed by atoms with E-state index in [9.17, 15) is 9.50 Å². The molecule has 1 atom stereocenters. The number of aliphatic hydroxyl groups is 1. The van der Waals surface area contributed by atoms with Gasteiger partial charge in [-0.25, -0.2) is 9.71 Å². The van der Waals surface area contributed by atoms with E-state index in [4.69, 9.17) is 0 Å². The number of hydrogen-bond acceptors (Lipinski definition) is 1. The van der Waals surface area contributed by atoms with Gasteiger partial charge in [0.1, 0.15) is 11.4 Å². The number of hydrogen-bond donors (Lipinski definition) is 1. The quantitative estimate of drug-likeness (QED) is 0.923. The monoisotopic (exact) mass is 284 g/mol. The zero-order chi connectivity index (χ0) is 14.7. The van der Waals surface area contributed by atoms with E-state index in [1.165, 1.54) is 6.07 Å². The van der Waals surface area contributed by atoms with Gasteiger partial charge < -0.3 is 5.11 Å². The summed E-state index contributed by atoms with van der Waals surface area (Å²) >= 11 is 0. The van der Waals surface area contributed by atoms with Crippen molar-refractivity contribution in [3.05, 3.63) is 71.5 Å². The lowest BCUT2D eigenvalue weighted by Crippen LogP contribution is -2.41. The maximum atomic E-state index is 14.3. The molecule has 1 N–H and O–H groups in total. The molecule has 0 aromatic heterocycles. The summed E-state index contributed by atoms with van der Waals surface area (Å²) in [6, 6.07) is 15.9. The van der Waals surface area contributed by atoms with Gasteiger partial charge in [0.05, 0.1) is 0 Å². The molecule has 1 saturated heterocycles. The summed E-state index contributed by atoms with van der Waals surface area (Å²) in [5.74, 6) is -0.374. The molecule has 1 fully saturated rings. The second-order valence-electron chi connectivity index (χ2n) is 5.56. The summed E-state index contributed by atoms with van der Waals surface area (Å²) in [6.07, 6.45) is 1.56. The second kappa shape index (κ2) is 5.96. The Bertz CT molecular complexity index is 595. The Kier molecular flexibility index (Phi) is 4.04. The highest BCUT2D eigenvalue weighted by atomic mass is 19.1. The van der Waals surface area contributed by atoms with Gasteiger partial charge >= 0.3 is 0 Å². The maximum absolute atomic E-state index is 14.3. The highest BCUT2D eigenvalue weighted by molar-refractivity contribution is 5.38. The number of halogens is 1. The Morgan fingerprint density at radius 3 is 2.24 bits per heavy atom. The summed E-state index contributed by atoms with van der Waals surface area (Å²) in [7, 11) is 0. The van der Waals surface area contributed by atoms with E-state index in [0.29, 0.717) is 5.56 Å². The number of nitrogens with zero attached hydrogens (tertiary/aromatic N) is 1. The molecule has 0 amide bonds. The molecule has 21 heavy (non-hydrogen) atoms. The van der Waals surface area contributed by atoms with E-state index >= 15 is 0 Å². The Labute approximate surface area is 124 Å². The van der Waals surface area contributed by atoms with Crippen LogP contribution in [-0.4, -0.2) is 18.2 Å². The van der Waals surface area contributed by atoms with Crippen LogP contribution in [0, 0.1) is 11.7 Å². The van der Waals surface area contributed by atoms with Crippen molar-refractivity contribution in [2.75, 3.05) is 13.1 Å². The molecule has 1 unspecified atom stereocenters. The van der Waals surface area contributed by atoms with Gasteiger partial charge in [-0.3, -0.25) is 0 Å². The van der Waals surface area contributed by atoms with Crippen LogP contribution in [0.3, 0.4) is 0 Å². The van der Waals surface area contributed by atoms with Crippen molar-refractivity contribution < 1.29 is 9.50 Å². The van der Waals surface area contributed by atoms with Crippen molar-refractivity contribution >= 4 is 0 Å². The molecule has 109 valence electrons. The van der Waals surface area contributed by atoms with Crippen molar-refractivity contribution in [1.82, 2.24) is 5.32 Å². The lowest BCUT2D eigenvalue weighted by Gasteiger charge is -2.39. The van der Waals surface area contributed by atoms with Crippen LogP contribution in [0.5, 0.6) is 0 Å². The third kappa shape index (κ3) is 2.59. The molecule has 3 heteroatoms. The van der Waals surface area contributed by atoms with Crippen molar-refractivity contribution in [2.45, 2.75) is 18.4 Å². The van der Waals surface area contributed by atoms with Gasteiger partial charge in [-0.15, -0.1) is 0 Å². The molecule has 2 aromatic rings. The third-order valence-corrected chi connectivity index (χ3v) is 4.36. The number of benzene rings is 2. The lowest BCUT2D eigenvalue weighted by molar-refractivity contribution is -0.000958. The predicted octanol–water partition coefficient (Wildman–Crippen LogP) is 3.08. The molecule has 0 aliphatic carbocycles.